The van der Waals surface area contributed by atoms with Gasteiger partial charge < -0.3 is 4.79 Å². The van der Waals surface area contributed by atoms with Gasteiger partial charge in [-0.1, -0.05) is 267 Å². The van der Waals surface area contributed by atoms with E-state index in [1.807, 2.05) is 0 Å². The van der Waals surface area contributed by atoms with Crippen LogP contribution in [0.3, 0.4) is 0 Å². The highest BCUT2D eigenvalue weighted by molar-refractivity contribution is 6.81. The summed E-state index contributed by atoms with van der Waals surface area (Å²) in [5.41, 5.74) is 19.6. The minimum Gasteiger partial charge on any atom is -0.300 e. The van der Waals surface area contributed by atoms with Crippen LogP contribution in [0.5, 0.6) is 0 Å². The van der Waals surface area contributed by atoms with Crippen molar-refractivity contribution in [1.82, 2.24) is 0 Å². The summed E-state index contributed by atoms with van der Waals surface area (Å²) >= 11 is 0. The molecule has 0 aromatic heterocycles. The van der Waals surface area contributed by atoms with Crippen LogP contribution in [-0.4, -0.2) is 13.9 Å². The Morgan fingerprint density at radius 3 is 0.754 bits per heavy atom. The second kappa shape index (κ2) is 21.4. The predicted octanol–water partition coefficient (Wildman–Crippen LogP) is 17.0. The molecule has 0 N–H and O–H groups in total. The first kappa shape index (κ1) is 44.9. The van der Waals surface area contributed by atoms with Crippen LogP contribution in [0.2, 0.25) is 6.04 Å². The average Bonchev–Trinajstić information content (AvgIpc) is 3.42. The van der Waals surface area contributed by atoms with Crippen LogP contribution >= 0.6 is 0 Å². The molecular weight excluding hydrogens is 849 g/mol. The molecule has 0 amide bonds. The number of aryl methyl sites for hydroxylation is 1. The first-order valence-electron chi connectivity index (χ1n) is 24.3. The molecule has 10 rings (SSSR count). The number of Topliss-reactive ketones (excluding diaryl/α,β-unsaturated/α-hetero) is 1. The molecule has 0 heterocycles. The van der Waals surface area contributed by atoms with Crippen molar-refractivity contribution < 1.29 is 4.79 Å². The lowest BCUT2D eigenvalue weighted by atomic mass is 9.92. The Balaban J connectivity index is 1.28. The van der Waals surface area contributed by atoms with Gasteiger partial charge in [-0.25, -0.2) is 0 Å². The van der Waals surface area contributed by atoms with Crippen molar-refractivity contribution in [3.63, 3.8) is 0 Å². The summed E-state index contributed by atoms with van der Waals surface area (Å²) in [5, 5.41) is 0. The Morgan fingerprint density at radius 2 is 0.507 bits per heavy atom. The van der Waals surface area contributed by atoms with Gasteiger partial charge in [0.25, 0.3) is 0 Å². The van der Waals surface area contributed by atoms with Crippen molar-refractivity contribution in [3.8, 4) is 66.8 Å². The Hall–Kier alpha value is -7.91. The fourth-order valence-corrected chi connectivity index (χ4v) is 15.8. The Labute approximate surface area is 409 Å². The van der Waals surface area contributed by atoms with Gasteiger partial charge in [-0.2, -0.15) is 0 Å². The van der Waals surface area contributed by atoms with E-state index in [0.717, 1.165) is 18.1 Å². The zero-order chi connectivity index (χ0) is 46.7. The molecule has 0 saturated carbocycles. The van der Waals surface area contributed by atoms with Crippen molar-refractivity contribution in [2.75, 3.05) is 0 Å². The first-order chi connectivity index (χ1) is 34.1. The van der Waals surface area contributed by atoms with Crippen LogP contribution in [0.1, 0.15) is 28.7 Å². The minimum absolute atomic E-state index is 0.334. The number of hydrogen-bond acceptors (Lipinski definition) is 1. The first-order valence-corrected chi connectivity index (χ1v) is 27.2. The SMILES string of the molecule is O=C(CCc1ccccc1)C[Si](Cc1c(-c2ccccc2)cccc1-c1ccccc1)(Cc1c(-c2ccccc2)cccc1-c1ccccc1)Cc1c(-c2ccccc2)cccc1-c1ccccc1. The monoisotopic (exact) mass is 904 g/mol. The fraction of sp³-hybridized carbons (Fsp3) is 0.0896. The summed E-state index contributed by atoms with van der Waals surface area (Å²) in [5.74, 6) is 0.334. The highest BCUT2D eigenvalue weighted by Gasteiger charge is 2.40. The summed E-state index contributed by atoms with van der Waals surface area (Å²) < 4.78 is 0. The van der Waals surface area contributed by atoms with Gasteiger partial charge in [0.2, 0.25) is 0 Å². The molecular formula is C67H56OSi. The second-order valence-electron chi connectivity index (χ2n) is 18.4. The zero-order valence-corrected chi connectivity index (χ0v) is 40.1. The summed E-state index contributed by atoms with van der Waals surface area (Å²) in [6, 6.07) is 99.4. The molecule has 2 heteroatoms. The third-order valence-electron chi connectivity index (χ3n) is 13.8. The molecule has 1 nitrogen and oxygen atoms in total. The van der Waals surface area contributed by atoms with Crippen LogP contribution in [0.25, 0.3) is 66.8 Å². The van der Waals surface area contributed by atoms with E-state index in [9.17, 15) is 0 Å². The Bertz CT molecular complexity index is 2760. The lowest BCUT2D eigenvalue weighted by Gasteiger charge is -2.36. The number of hydrogen-bond donors (Lipinski definition) is 0. The molecule has 10 aromatic carbocycles. The smallest absolute Gasteiger partial charge is 0.130 e. The van der Waals surface area contributed by atoms with E-state index in [-0.39, 0.29) is 0 Å². The highest BCUT2D eigenvalue weighted by atomic mass is 28.3. The summed E-state index contributed by atoms with van der Waals surface area (Å²) in [7, 11) is -3.05. The van der Waals surface area contributed by atoms with Crippen LogP contribution in [-0.2, 0) is 29.3 Å². The van der Waals surface area contributed by atoms with Crippen LogP contribution in [0.4, 0.5) is 0 Å². The zero-order valence-electron chi connectivity index (χ0n) is 39.1. The van der Waals surface area contributed by atoms with Crippen molar-refractivity contribution in [3.05, 3.63) is 289 Å². The van der Waals surface area contributed by atoms with Gasteiger partial charge in [-0.05, 0) is 114 Å². The lowest BCUT2D eigenvalue weighted by Crippen LogP contribution is -2.46. The maximum absolute atomic E-state index is 15.6. The number of ketones is 1. The predicted molar refractivity (Wildman–Crippen MR) is 293 cm³/mol. The Kier molecular flexibility index (Phi) is 13.9. The molecule has 0 aliphatic carbocycles. The molecule has 69 heavy (non-hydrogen) atoms. The van der Waals surface area contributed by atoms with Crippen molar-refractivity contribution in [2.45, 2.75) is 37.0 Å². The van der Waals surface area contributed by atoms with E-state index in [0.29, 0.717) is 24.7 Å². The van der Waals surface area contributed by atoms with E-state index in [2.05, 4.69) is 267 Å². The molecule has 0 aliphatic heterocycles. The van der Waals surface area contributed by atoms with Crippen molar-refractivity contribution in [2.24, 2.45) is 0 Å². The van der Waals surface area contributed by atoms with E-state index in [1.165, 1.54) is 89.0 Å². The maximum atomic E-state index is 15.6. The molecule has 0 atom stereocenters. The van der Waals surface area contributed by atoms with Crippen molar-refractivity contribution >= 4 is 13.9 Å². The van der Waals surface area contributed by atoms with Gasteiger partial charge in [0.15, 0.2) is 0 Å². The molecule has 0 fully saturated rings. The van der Waals surface area contributed by atoms with E-state index in [4.69, 9.17) is 0 Å². The summed E-state index contributed by atoms with van der Waals surface area (Å²) in [6.45, 7) is 0. The second-order valence-corrected chi connectivity index (χ2v) is 22.8. The number of rotatable bonds is 17. The van der Waals surface area contributed by atoms with Crippen LogP contribution in [0.15, 0.2) is 267 Å². The van der Waals surface area contributed by atoms with Gasteiger partial charge in [-0.15, -0.1) is 0 Å². The quantitative estimate of drug-likeness (QED) is 0.0832. The van der Waals surface area contributed by atoms with Gasteiger partial charge >= 0.3 is 0 Å². The van der Waals surface area contributed by atoms with Crippen LogP contribution < -0.4 is 0 Å². The van der Waals surface area contributed by atoms with E-state index < -0.39 is 8.07 Å². The number of benzene rings is 10. The fourth-order valence-electron chi connectivity index (χ4n) is 10.6. The number of carbonyl (C=O) groups excluding carboxylic acids is 1. The molecule has 10 aromatic rings. The van der Waals surface area contributed by atoms with Gasteiger partial charge in [0.1, 0.15) is 5.78 Å². The highest BCUT2D eigenvalue weighted by Crippen LogP contribution is 2.44. The maximum Gasteiger partial charge on any atom is 0.130 e. The lowest BCUT2D eigenvalue weighted by molar-refractivity contribution is -0.117. The molecule has 0 aliphatic rings. The third-order valence-corrected chi connectivity index (χ3v) is 18.3. The largest absolute Gasteiger partial charge is 0.300 e. The van der Waals surface area contributed by atoms with Gasteiger partial charge in [-0.3, -0.25) is 0 Å². The normalized spacial score (nSPS) is 11.3. The van der Waals surface area contributed by atoms with Crippen LogP contribution in [0, 0.1) is 0 Å². The molecule has 0 saturated heterocycles. The standard InChI is InChI=1S/C67H56OSi/c68-58(46-45-51-25-8-1-9-26-51)47-69(48-65-59(52-27-10-2-11-28-52)39-22-40-60(65)53-29-12-3-13-30-53,49-66-61(54-31-14-4-15-32-54)41-23-42-62(66)55-33-16-5-17-34-55)50-67-63(56-35-18-6-19-36-56)43-24-44-64(67)57-37-20-7-21-38-57/h1-44H,45-50H2. The molecule has 334 valence electrons. The summed E-state index contributed by atoms with van der Waals surface area (Å²) in [4.78, 5) is 15.6. The number of carbonyl (C=O) groups is 1. The van der Waals surface area contributed by atoms with E-state index >= 15 is 4.79 Å². The van der Waals surface area contributed by atoms with E-state index in [1.54, 1.807) is 0 Å². The van der Waals surface area contributed by atoms with Crippen molar-refractivity contribution in [1.29, 1.82) is 0 Å². The molecule has 0 bridgehead atoms. The van der Waals surface area contributed by atoms with Gasteiger partial charge in [0.05, 0.1) is 8.07 Å². The Morgan fingerprint density at radius 1 is 0.275 bits per heavy atom. The molecule has 0 unspecified atom stereocenters. The average molecular weight is 905 g/mol. The molecule has 0 spiro atoms. The topological polar surface area (TPSA) is 17.1 Å². The minimum atomic E-state index is -3.05. The molecule has 0 radical (unpaired) electrons. The van der Waals surface area contributed by atoms with Gasteiger partial charge in [0, 0.05) is 12.5 Å². The summed E-state index contributed by atoms with van der Waals surface area (Å²) in [6.07, 6.45) is 1.20. The third kappa shape index (κ3) is 10.5.